The molecule has 5 aromatic rings. The lowest BCUT2D eigenvalue weighted by molar-refractivity contribution is 0.415. The topological polar surface area (TPSA) is 39.9 Å². The van der Waals surface area contributed by atoms with E-state index in [2.05, 4.69) is 60.1 Å². The highest BCUT2D eigenvalue weighted by molar-refractivity contribution is 9.10. The van der Waals surface area contributed by atoms with E-state index in [9.17, 15) is 0 Å². The lowest BCUT2D eigenvalue weighted by Gasteiger charge is -2.09. The van der Waals surface area contributed by atoms with Crippen LogP contribution in [0.25, 0.3) is 38.8 Å². The number of hydrogen-bond donors (Lipinski definition) is 0. The molecule has 0 aliphatic rings. The molecule has 5 rings (SSSR count). The zero-order chi connectivity index (χ0) is 20.8. The third kappa shape index (κ3) is 3.06. The molecule has 0 unspecified atom stereocenters. The molecule has 0 spiro atoms. The highest BCUT2D eigenvalue weighted by Crippen LogP contribution is 2.35. The number of aromatic nitrogens is 3. The molecule has 30 heavy (non-hydrogen) atoms. The Hall–Kier alpha value is -3.18. The summed E-state index contributed by atoms with van der Waals surface area (Å²) in [5.41, 5.74) is 7.40. The minimum atomic E-state index is 0.800. The molecule has 3 aromatic carbocycles. The normalized spacial score (nSPS) is 11.3. The monoisotopic (exact) mass is 457 g/mol. The summed E-state index contributed by atoms with van der Waals surface area (Å²) in [7, 11) is 1.68. The highest BCUT2D eigenvalue weighted by atomic mass is 79.9. The lowest BCUT2D eigenvalue weighted by atomic mass is 10.1. The van der Waals surface area contributed by atoms with Crippen LogP contribution in [0.2, 0.25) is 0 Å². The van der Waals surface area contributed by atoms with Gasteiger partial charge in [0.15, 0.2) is 0 Å². The van der Waals surface area contributed by atoms with E-state index in [0.717, 1.165) is 49.0 Å². The first kappa shape index (κ1) is 18.8. The lowest BCUT2D eigenvalue weighted by Crippen LogP contribution is -1.99. The SMILES string of the molecule is COc1ccc2ncc3c(-c4cccc(Br)c4)nn(-c4ccc(C)c(C)c4)c3c2c1. The molecule has 0 aliphatic heterocycles. The first-order chi connectivity index (χ1) is 14.5. The fraction of sp³-hybridized carbons (Fsp3) is 0.120. The Morgan fingerprint density at radius 1 is 0.900 bits per heavy atom. The molecule has 5 heteroatoms. The van der Waals surface area contributed by atoms with Crippen molar-refractivity contribution in [2.75, 3.05) is 7.11 Å². The fourth-order valence-electron chi connectivity index (χ4n) is 3.78. The van der Waals surface area contributed by atoms with Gasteiger partial charge in [-0.3, -0.25) is 4.98 Å². The van der Waals surface area contributed by atoms with Crippen LogP contribution in [0.3, 0.4) is 0 Å². The van der Waals surface area contributed by atoms with Gasteiger partial charge in [0.25, 0.3) is 0 Å². The second-order valence-corrected chi connectivity index (χ2v) is 8.36. The van der Waals surface area contributed by atoms with Crippen molar-refractivity contribution in [2.45, 2.75) is 13.8 Å². The van der Waals surface area contributed by atoms with Crippen LogP contribution in [0.5, 0.6) is 5.75 Å². The maximum atomic E-state index is 5.50. The molecule has 0 saturated heterocycles. The molecular weight excluding hydrogens is 438 g/mol. The average molecular weight is 458 g/mol. The van der Waals surface area contributed by atoms with E-state index >= 15 is 0 Å². The average Bonchev–Trinajstić information content (AvgIpc) is 3.15. The fourth-order valence-corrected chi connectivity index (χ4v) is 4.18. The second kappa shape index (κ2) is 7.26. The van der Waals surface area contributed by atoms with E-state index in [-0.39, 0.29) is 0 Å². The third-order valence-electron chi connectivity index (χ3n) is 5.55. The van der Waals surface area contributed by atoms with E-state index in [1.807, 2.05) is 41.2 Å². The smallest absolute Gasteiger partial charge is 0.119 e. The molecule has 4 nitrogen and oxygen atoms in total. The molecule has 0 bridgehead atoms. The zero-order valence-corrected chi connectivity index (χ0v) is 18.6. The van der Waals surface area contributed by atoms with Gasteiger partial charge in [-0.25, -0.2) is 4.68 Å². The van der Waals surface area contributed by atoms with E-state index in [1.165, 1.54) is 11.1 Å². The van der Waals surface area contributed by atoms with Gasteiger partial charge in [0.05, 0.1) is 23.8 Å². The first-order valence-electron chi connectivity index (χ1n) is 9.74. The Morgan fingerprint density at radius 2 is 1.77 bits per heavy atom. The Balaban J connectivity index is 1.91. The van der Waals surface area contributed by atoms with Gasteiger partial charge in [-0.2, -0.15) is 5.10 Å². The predicted molar refractivity (Wildman–Crippen MR) is 126 cm³/mol. The summed E-state index contributed by atoms with van der Waals surface area (Å²) < 4.78 is 8.54. The van der Waals surface area contributed by atoms with Gasteiger partial charge in [-0.1, -0.05) is 34.1 Å². The minimum absolute atomic E-state index is 0.800. The molecule has 0 fully saturated rings. The number of halogens is 1. The molecule has 0 radical (unpaired) electrons. The van der Waals surface area contributed by atoms with Crippen molar-refractivity contribution >= 4 is 37.7 Å². The van der Waals surface area contributed by atoms with E-state index in [4.69, 9.17) is 14.8 Å². The first-order valence-corrected chi connectivity index (χ1v) is 10.5. The van der Waals surface area contributed by atoms with Gasteiger partial charge in [0.2, 0.25) is 0 Å². The molecule has 0 aliphatic carbocycles. The predicted octanol–water partition coefficient (Wildman–Crippen LogP) is 6.63. The molecular formula is C25H20BrN3O. The van der Waals surface area contributed by atoms with Crippen LogP contribution in [0.15, 0.2) is 71.3 Å². The number of methoxy groups -OCH3 is 1. The summed E-state index contributed by atoms with van der Waals surface area (Å²) in [6, 6.07) is 20.6. The molecule has 148 valence electrons. The van der Waals surface area contributed by atoms with Crippen molar-refractivity contribution in [3.05, 3.63) is 82.5 Å². The van der Waals surface area contributed by atoms with E-state index in [1.54, 1.807) is 7.11 Å². The minimum Gasteiger partial charge on any atom is -0.497 e. The Kier molecular flexibility index (Phi) is 4.55. The Bertz CT molecular complexity index is 1420. The molecule has 0 saturated carbocycles. The summed E-state index contributed by atoms with van der Waals surface area (Å²) in [6.45, 7) is 4.25. The van der Waals surface area contributed by atoms with Crippen LogP contribution < -0.4 is 4.74 Å². The van der Waals surface area contributed by atoms with Gasteiger partial charge in [-0.15, -0.1) is 0 Å². The van der Waals surface area contributed by atoms with Gasteiger partial charge in [0, 0.05) is 27.0 Å². The molecule has 2 heterocycles. The number of hydrogen-bond acceptors (Lipinski definition) is 3. The number of fused-ring (bicyclic) bond motifs is 3. The quantitative estimate of drug-likeness (QED) is 0.305. The second-order valence-electron chi connectivity index (χ2n) is 7.44. The number of aryl methyl sites for hydroxylation is 2. The highest BCUT2D eigenvalue weighted by Gasteiger charge is 2.18. The van der Waals surface area contributed by atoms with Crippen molar-refractivity contribution in [2.24, 2.45) is 0 Å². The van der Waals surface area contributed by atoms with Gasteiger partial charge in [0.1, 0.15) is 11.4 Å². The van der Waals surface area contributed by atoms with Crippen LogP contribution in [0, 0.1) is 13.8 Å². The number of nitrogens with zero attached hydrogens (tertiary/aromatic N) is 3. The maximum Gasteiger partial charge on any atom is 0.119 e. The summed E-state index contributed by atoms with van der Waals surface area (Å²) in [4.78, 5) is 4.71. The number of rotatable bonds is 3. The van der Waals surface area contributed by atoms with Crippen LogP contribution >= 0.6 is 15.9 Å². The van der Waals surface area contributed by atoms with E-state index < -0.39 is 0 Å². The third-order valence-corrected chi connectivity index (χ3v) is 6.04. The van der Waals surface area contributed by atoms with Crippen LogP contribution in [0.1, 0.15) is 11.1 Å². The summed E-state index contributed by atoms with van der Waals surface area (Å²) >= 11 is 3.58. The van der Waals surface area contributed by atoms with Crippen LogP contribution in [-0.2, 0) is 0 Å². The van der Waals surface area contributed by atoms with Crippen molar-refractivity contribution in [1.82, 2.24) is 14.8 Å². The largest absolute Gasteiger partial charge is 0.497 e. The number of ether oxygens (including phenoxy) is 1. The van der Waals surface area contributed by atoms with Gasteiger partial charge < -0.3 is 4.74 Å². The van der Waals surface area contributed by atoms with Crippen molar-refractivity contribution < 1.29 is 4.74 Å². The Labute approximate surface area is 183 Å². The molecule has 0 amide bonds. The standard InChI is InChI=1S/C25H20BrN3O/c1-15-7-8-19(11-16(15)2)29-25-21-13-20(30-3)9-10-23(21)27-14-22(25)24(28-29)17-5-4-6-18(26)12-17/h4-14H,1-3H3. The van der Waals surface area contributed by atoms with Crippen molar-refractivity contribution in [3.63, 3.8) is 0 Å². The van der Waals surface area contributed by atoms with E-state index in [0.29, 0.717) is 0 Å². The van der Waals surface area contributed by atoms with Crippen molar-refractivity contribution in [1.29, 1.82) is 0 Å². The molecule has 0 N–H and O–H groups in total. The zero-order valence-electron chi connectivity index (χ0n) is 17.0. The number of pyridine rings is 1. The summed E-state index contributed by atoms with van der Waals surface area (Å²) in [5, 5.41) is 7.08. The van der Waals surface area contributed by atoms with Crippen LogP contribution in [-0.4, -0.2) is 21.9 Å². The Morgan fingerprint density at radius 3 is 2.53 bits per heavy atom. The van der Waals surface area contributed by atoms with Gasteiger partial charge in [-0.05, 0) is 67.4 Å². The number of benzene rings is 3. The van der Waals surface area contributed by atoms with Gasteiger partial charge >= 0.3 is 0 Å². The molecule has 2 aromatic heterocycles. The van der Waals surface area contributed by atoms with Crippen LogP contribution in [0.4, 0.5) is 0 Å². The maximum absolute atomic E-state index is 5.50. The molecule has 0 atom stereocenters. The summed E-state index contributed by atoms with van der Waals surface area (Å²) in [5.74, 6) is 0.800. The summed E-state index contributed by atoms with van der Waals surface area (Å²) in [6.07, 6.45) is 1.92. The van der Waals surface area contributed by atoms with Crippen molar-refractivity contribution in [3.8, 4) is 22.7 Å².